The van der Waals surface area contributed by atoms with Crippen LogP contribution < -0.4 is 5.32 Å². The Morgan fingerprint density at radius 1 is 1.47 bits per heavy atom. The summed E-state index contributed by atoms with van der Waals surface area (Å²) in [6, 6.07) is 5.13. The van der Waals surface area contributed by atoms with Crippen molar-refractivity contribution in [2.24, 2.45) is 0 Å². The number of benzene rings is 1. The number of nitrogens with zero attached hydrogens (tertiary/aromatic N) is 1. The maximum atomic E-state index is 12.1. The molecular formula is C12H13ClN2O2. The molecule has 2 rings (SSSR count). The number of hydrogen-bond acceptors (Lipinski definition) is 2. The van der Waals surface area contributed by atoms with E-state index in [9.17, 15) is 9.59 Å². The lowest BCUT2D eigenvalue weighted by Gasteiger charge is -2.26. The SMILES string of the molecule is Cc1cc(C(=O)N2CCNC(=O)C2)ccc1Cl. The molecule has 1 saturated heterocycles. The molecule has 0 bridgehead atoms. The molecule has 17 heavy (non-hydrogen) atoms. The van der Waals surface area contributed by atoms with E-state index < -0.39 is 0 Å². The molecule has 5 heteroatoms. The Morgan fingerprint density at radius 3 is 2.88 bits per heavy atom. The highest BCUT2D eigenvalue weighted by atomic mass is 35.5. The number of amides is 2. The molecule has 1 aliphatic heterocycles. The average molecular weight is 253 g/mol. The van der Waals surface area contributed by atoms with Crippen molar-refractivity contribution in [3.8, 4) is 0 Å². The Kier molecular flexibility index (Phi) is 3.33. The number of rotatable bonds is 1. The Labute approximate surface area is 105 Å². The average Bonchev–Trinajstić information content (AvgIpc) is 2.32. The van der Waals surface area contributed by atoms with E-state index in [0.29, 0.717) is 23.7 Å². The van der Waals surface area contributed by atoms with Gasteiger partial charge >= 0.3 is 0 Å². The van der Waals surface area contributed by atoms with Crippen molar-refractivity contribution < 1.29 is 9.59 Å². The fourth-order valence-electron chi connectivity index (χ4n) is 1.77. The van der Waals surface area contributed by atoms with E-state index >= 15 is 0 Å². The molecule has 4 nitrogen and oxygen atoms in total. The number of carbonyl (C=O) groups excluding carboxylic acids is 2. The van der Waals surface area contributed by atoms with Crippen molar-refractivity contribution >= 4 is 23.4 Å². The molecule has 1 fully saturated rings. The van der Waals surface area contributed by atoms with Crippen LogP contribution in [0.25, 0.3) is 0 Å². The van der Waals surface area contributed by atoms with Crippen LogP contribution in [0.5, 0.6) is 0 Å². The molecule has 0 saturated carbocycles. The van der Waals surface area contributed by atoms with Gasteiger partial charge in [-0.2, -0.15) is 0 Å². The fourth-order valence-corrected chi connectivity index (χ4v) is 1.89. The minimum absolute atomic E-state index is 0.115. The summed E-state index contributed by atoms with van der Waals surface area (Å²) < 4.78 is 0. The number of aryl methyl sites for hydroxylation is 1. The molecule has 0 aliphatic carbocycles. The van der Waals surface area contributed by atoms with Gasteiger partial charge in [-0.3, -0.25) is 9.59 Å². The first-order chi connectivity index (χ1) is 8.08. The third-order valence-corrected chi connectivity index (χ3v) is 3.15. The Bertz CT molecular complexity index is 474. The molecule has 0 radical (unpaired) electrons. The summed E-state index contributed by atoms with van der Waals surface area (Å²) >= 11 is 5.91. The predicted molar refractivity (Wildman–Crippen MR) is 65.1 cm³/mol. The van der Waals surface area contributed by atoms with Gasteiger partial charge in [0, 0.05) is 23.7 Å². The largest absolute Gasteiger partial charge is 0.353 e. The Morgan fingerprint density at radius 2 is 2.24 bits per heavy atom. The van der Waals surface area contributed by atoms with E-state index in [1.807, 2.05) is 6.92 Å². The van der Waals surface area contributed by atoms with Crippen molar-refractivity contribution in [2.45, 2.75) is 6.92 Å². The zero-order chi connectivity index (χ0) is 12.4. The van der Waals surface area contributed by atoms with Gasteiger partial charge in [-0.05, 0) is 30.7 Å². The maximum Gasteiger partial charge on any atom is 0.254 e. The van der Waals surface area contributed by atoms with Crippen LogP contribution in [0, 0.1) is 6.92 Å². The highest BCUT2D eigenvalue weighted by Crippen LogP contribution is 2.17. The second kappa shape index (κ2) is 4.75. The van der Waals surface area contributed by atoms with Crippen LogP contribution in [0.2, 0.25) is 5.02 Å². The molecular weight excluding hydrogens is 240 g/mol. The zero-order valence-electron chi connectivity index (χ0n) is 9.50. The molecule has 0 aromatic heterocycles. The molecule has 1 N–H and O–H groups in total. The van der Waals surface area contributed by atoms with Gasteiger partial charge in [0.1, 0.15) is 0 Å². The van der Waals surface area contributed by atoms with Gasteiger partial charge < -0.3 is 10.2 Å². The molecule has 0 spiro atoms. The lowest BCUT2D eigenvalue weighted by Crippen LogP contribution is -2.49. The summed E-state index contributed by atoms with van der Waals surface area (Å²) in [4.78, 5) is 24.9. The molecule has 1 heterocycles. The summed E-state index contributed by atoms with van der Waals surface area (Å²) in [6.07, 6.45) is 0. The monoisotopic (exact) mass is 252 g/mol. The van der Waals surface area contributed by atoms with E-state index in [1.165, 1.54) is 0 Å². The van der Waals surface area contributed by atoms with Gasteiger partial charge in [-0.1, -0.05) is 11.6 Å². The van der Waals surface area contributed by atoms with E-state index in [-0.39, 0.29) is 18.4 Å². The number of hydrogen-bond donors (Lipinski definition) is 1. The van der Waals surface area contributed by atoms with Crippen molar-refractivity contribution in [1.82, 2.24) is 10.2 Å². The predicted octanol–water partition coefficient (Wildman–Crippen LogP) is 1.22. The summed E-state index contributed by atoms with van der Waals surface area (Å²) in [5, 5.41) is 3.32. The van der Waals surface area contributed by atoms with Crippen LogP contribution in [-0.2, 0) is 4.79 Å². The first kappa shape index (κ1) is 11.9. The quantitative estimate of drug-likeness (QED) is 0.817. The third kappa shape index (κ3) is 2.58. The van der Waals surface area contributed by atoms with Gasteiger partial charge in [0.15, 0.2) is 0 Å². The van der Waals surface area contributed by atoms with Crippen LogP contribution in [0.1, 0.15) is 15.9 Å². The molecule has 0 atom stereocenters. The van der Waals surface area contributed by atoms with E-state index in [0.717, 1.165) is 5.56 Å². The van der Waals surface area contributed by atoms with Gasteiger partial charge in [-0.25, -0.2) is 0 Å². The standard InChI is InChI=1S/C12H13ClN2O2/c1-8-6-9(2-3-10(8)13)12(17)15-5-4-14-11(16)7-15/h2-3,6H,4-5,7H2,1H3,(H,14,16). The summed E-state index contributed by atoms with van der Waals surface area (Å²) in [5.74, 6) is -0.241. The van der Waals surface area contributed by atoms with Crippen LogP contribution in [0.3, 0.4) is 0 Å². The molecule has 1 aromatic carbocycles. The molecule has 90 valence electrons. The van der Waals surface area contributed by atoms with Crippen molar-refractivity contribution in [1.29, 1.82) is 0 Å². The highest BCUT2D eigenvalue weighted by Gasteiger charge is 2.22. The summed E-state index contributed by atoms with van der Waals surface area (Å²) in [7, 11) is 0. The smallest absolute Gasteiger partial charge is 0.254 e. The van der Waals surface area contributed by atoms with Gasteiger partial charge in [0.2, 0.25) is 5.91 Å². The minimum Gasteiger partial charge on any atom is -0.353 e. The maximum absolute atomic E-state index is 12.1. The Hall–Kier alpha value is -1.55. The lowest BCUT2D eigenvalue weighted by molar-refractivity contribution is -0.123. The molecule has 0 unspecified atom stereocenters. The van der Waals surface area contributed by atoms with E-state index in [1.54, 1.807) is 23.1 Å². The Balaban J connectivity index is 2.18. The van der Waals surface area contributed by atoms with Gasteiger partial charge in [-0.15, -0.1) is 0 Å². The van der Waals surface area contributed by atoms with E-state index in [2.05, 4.69) is 5.32 Å². The van der Waals surface area contributed by atoms with Crippen LogP contribution in [0.15, 0.2) is 18.2 Å². The lowest BCUT2D eigenvalue weighted by atomic mass is 10.1. The fraction of sp³-hybridized carbons (Fsp3) is 0.333. The number of nitrogens with one attached hydrogen (secondary N) is 1. The van der Waals surface area contributed by atoms with Crippen LogP contribution in [0.4, 0.5) is 0 Å². The van der Waals surface area contributed by atoms with Crippen molar-refractivity contribution in [3.05, 3.63) is 34.3 Å². The number of halogens is 1. The van der Waals surface area contributed by atoms with Crippen molar-refractivity contribution in [3.63, 3.8) is 0 Å². The minimum atomic E-state index is -0.125. The van der Waals surface area contributed by atoms with Crippen LogP contribution >= 0.6 is 11.6 Å². The highest BCUT2D eigenvalue weighted by molar-refractivity contribution is 6.31. The topological polar surface area (TPSA) is 49.4 Å². The molecule has 2 amide bonds. The summed E-state index contributed by atoms with van der Waals surface area (Å²) in [5.41, 5.74) is 1.43. The first-order valence-corrected chi connectivity index (χ1v) is 5.78. The van der Waals surface area contributed by atoms with Crippen LogP contribution in [-0.4, -0.2) is 36.3 Å². The zero-order valence-corrected chi connectivity index (χ0v) is 10.3. The molecule has 1 aliphatic rings. The van der Waals surface area contributed by atoms with Crippen molar-refractivity contribution in [2.75, 3.05) is 19.6 Å². The number of piperazine rings is 1. The second-order valence-electron chi connectivity index (χ2n) is 4.04. The van der Waals surface area contributed by atoms with E-state index in [4.69, 9.17) is 11.6 Å². The summed E-state index contributed by atoms with van der Waals surface area (Å²) in [6.45, 7) is 3.03. The number of carbonyl (C=O) groups is 2. The van der Waals surface area contributed by atoms with Gasteiger partial charge in [0.25, 0.3) is 5.91 Å². The normalized spacial score (nSPS) is 15.6. The second-order valence-corrected chi connectivity index (χ2v) is 4.45. The van der Waals surface area contributed by atoms with Gasteiger partial charge in [0.05, 0.1) is 6.54 Å². The molecule has 1 aromatic rings. The first-order valence-electron chi connectivity index (χ1n) is 5.40. The third-order valence-electron chi connectivity index (χ3n) is 2.73.